The first-order chi connectivity index (χ1) is 13.3. The van der Waals surface area contributed by atoms with Crippen LogP contribution in [0.15, 0.2) is 54.6 Å². The number of nitrogens with zero attached hydrogens (tertiary/aromatic N) is 2. The number of amides is 1. The molecule has 28 heavy (non-hydrogen) atoms. The molecule has 146 valence electrons. The van der Waals surface area contributed by atoms with Gasteiger partial charge in [0.25, 0.3) is 5.91 Å². The summed E-state index contributed by atoms with van der Waals surface area (Å²) in [7, 11) is 0. The van der Waals surface area contributed by atoms with Crippen molar-refractivity contribution < 1.29 is 22.7 Å². The Balaban J connectivity index is 1.70. The van der Waals surface area contributed by atoms with E-state index in [-0.39, 0.29) is 29.4 Å². The molecule has 0 aliphatic rings. The number of hydrogen-bond donors (Lipinski definition) is 2. The maximum atomic E-state index is 13.0. The van der Waals surface area contributed by atoms with E-state index in [1.54, 1.807) is 24.3 Å². The van der Waals surface area contributed by atoms with Gasteiger partial charge in [0.05, 0.1) is 17.8 Å². The molecule has 0 saturated heterocycles. The molecule has 3 aromatic rings. The fourth-order valence-electron chi connectivity index (χ4n) is 2.43. The van der Waals surface area contributed by atoms with Gasteiger partial charge in [0.15, 0.2) is 17.2 Å². The van der Waals surface area contributed by atoms with Crippen LogP contribution in [0.3, 0.4) is 0 Å². The third kappa shape index (κ3) is 4.77. The Labute approximate surface area is 163 Å². The van der Waals surface area contributed by atoms with Gasteiger partial charge in [-0.05, 0) is 42.5 Å². The van der Waals surface area contributed by atoms with Crippen LogP contribution in [0.5, 0.6) is 5.75 Å². The molecule has 3 rings (SSSR count). The summed E-state index contributed by atoms with van der Waals surface area (Å²) in [4.78, 5) is 12.0. The van der Waals surface area contributed by atoms with E-state index < -0.39 is 17.6 Å². The molecule has 1 amide bonds. The number of carbonyl (C=O) groups is 1. The molecule has 0 spiro atoms. The third-order valence-corrected chi connectivity index (χ3v) is 4.00. The average molecular weight is 408 g/mol. The second kappa shape index (κ2) is 8.26. The summed E-state index contributed by atoms with van der Waals surface area (Å²) in [6.07, 6.45) is -4.48. The van der Waals surface area contributed by atoms with Gasteiger partial charge >= 0.3 is 6.18 Å². The number of para-hydroxylation sites is 1. The maximum absolute atomic E-state index is 13.0. The highest BCUT2D eigenvalue weighted by Gasteiger charge is 2.30. The molecule has 0 bridgehead atoms. The van der Waals surface area contributed by atoms with Crippen molar-refractivity contribution in [3.8, 4) is 11.4 Å². The minimum Gasteiger partial charge on any atom is -0.484 e. The highest BCUT2D eigenvalue weighted by atomic mass is 32.1. The first kappa shape index (κ1) is 19.6. The van der Waals surface area contributed by atoms with Crippen LogP contribution in [0.25, 0.3) is 5.69 Å². The molecular formula is C18H15F3N4O2S. The molecular weight excluding hydrogens is 393 g/mol. The number of carbonyl (C=O) groups excluding carboxylic acids is 1. The number of aromatic nitrogens is 3. The predicted molar refractivity (Wildman–Crippen MR) is 97.5 cm³/mol. The molecule has 1 aromatic heterocycles. The van der Waals surface area contributed by atoms with E-state index in [4.69, 9.17) is 17.0 Å². The van der Waals surface area contributed by atoms with E-state index in [2.05, 4.69) is 15.5 Å². The van der Waals surface area contributed by atoms with Crippen LogP contribution in [0.1, 0.15) is 11.4 Å². The predicted octanol–water partition coefficient (Wildman–Crippen LogP) is 3.64. The third-order valence-electron chi connectivity index (χ3n) is 3.73. The lowest BCUT2D eigenvalue weighted by Gasteiger charge is -2.11. The van der Waals surface area contributed by atoms with Gasteiger partial charge in [-0.3, -0.25) is 14.5 Å². The summed E-state index contributed by atoms with van der Waals surface area (Å²) >= 11 is 5.11. The number of halogens is 3. The Morgan fingerprint density at radius 1 is 1.18 bits per heavy atom. The van der Waals surface area contributed by atoms with Crippen molar-refractivity contribution in [1.29, 1.82) is 0 Å². The average Bonchev–Trinajstić information content (AvgIpc) is 3.05. The van der Waals surface area contributed by atoms with Crippen LogP contribution in [0.2, 0.25) is 0 Å². The number of aromatic amines is 1. The van der Waals surface area contributed by atoms with Gasteiger partial charge in [-0.25, -0.2) is 0 Å². The zero-order valence-electron chi connectivity index (χ0n) is 14.4. The molecule has 1 heterocycles. The Kier molecular flexibility index (Phi) is 5.78. The Morgan fingerprint density at radius 2 is 1.93 bits per heavy atom. The van der Waals surface area contributed by atoms with Gasteiger partial charge in [0.1, 0.15) is 5.75 Å². The number of hydrogen-bond acceptors (Lipinski definition) is 4. The molecule has 0 saturated carbocycles. The lowest BCUT2D eigenvalue weighted by molar-refractivity contribution is -0.137. The molecule has 0 aliphatic heterocycles. The number of rotatable bonds is 6. The van der Waals surface area contributed by atoms with Gasteiger partial charge < -0.3 is 10.1 Å². The van der Waals surface area contributed by atoms with Crippen molar-refractivity contribution >= 4 is 18.1 Å². The summed E-state index contributed by atoms with van der Waals surface area (Å²) in [6.45, 7) is -0.251. The second-order valence-corrected chi connectivity index (χ2v) is 6.09. The van der Waals surface area contributed by atoms with E-state index in [1.807, 2.05) is 6.07 Å². The quantitative estimate of drug-likeness (QED) is 0.611. The number of H-pyrrole nitrogens is 1. The SMILES string of the molecule is O=C(COc1ccccc1)NCc1n[nH]c(=S)n1-c1cccc(C(F)(F)F)c1. The largest absolute Gasteiger partial charge is 0.484 e. The van der Waals surface area contributed by atoms with Gasteiger partial charge in [0, 0.05) is 0 Å². The normalized spacial score (nSPS) is 11.2. The fourth-order valence-corrected chi connectivity index (χ4v) is 2.69. The van der Waals surface area contributed by atoms with Gasteiger partial charge in [-0.15, -0.1) is 0 Å². The highest BCUT2D eigenvalue weighted by molar-refractivity contribution is 7.71. The second-order valence-electron chi connectivity index (χ2n) is 5.71. The van der Waals surface area contributed by atoms with Crippen molar-refractivity contribution in [3.05, 3.63) is 70.8 Å². The number of nitrogens with one attached hydrogen (secondary N) is 2. The standard InChI is InChI=1S/C18H15F3N4O2S/c19-18(20,21)12-5-4-6-13(9-12)25-15(23-24-17(25)28)10-22-16(26)11-27-14-7-2-1-3-8-14/h1-9H,10-11H2,(H,22,26)(H,24,28). The first-order valence-corrected chi connectivity index (χ1v) is 8.54. The van der Waals surface area contributed by atoms with Crippen LogP contribution in [-0.2, 0) is 17.5 Å². The van der Waals surface area contributed by atoms with Crippen LogP contribution < -0.4 is 10.1 Å². The molecule has 2 N–H and O–H groups in total. The van der Waals surface area contributed by atoms with Crippen LogP contribution >= 0.6 is 12.2 Å². The van der Waals surface area contributed by atoms with Crippen LogP contribution in [0.4, 0.5) is 13.2 Å². The van der Waals surface area contributed by atoms with Gasteiger partial charge in [0.2, 0.25) is 0 Å². The molecule has 2 aromatic carbocycles. The van der Waals surface area contributed by atoms with E-state index in [9.17, 15) is 18.0 Å². The highest BCUT2D eigenvalue weighted by Crippen LogP contribution is 2.30. The Bertz CT molecular complexity index is 1020. The smallest absolute Gasteiger partial charge is 0.416 e. The van der Waals surface area contributed by atoms with Gasteiger partial charge in [-0.1, -0.05) is 24.3 Å². The minimum atomic E-state index is -4.48. The molecule has 0 radical (unpaired) electrons. The summed E-state index contributed by atoms with van der Waals surface area (Å²) in [6, 6.07) is 13.5. The van der Waals surface area contributed by atoms with Crippen molar-refractivity contribution in [2.45, 2.75) is 12.7 Å². The summed E-state index contributed by atoms with van der Waals surface area (Å²) < 4.78 is 45.7. The minimum absolute atomic E-state index is 0.0413. The van der Waals surface area contributed by atoms with Crippen molar-refractivity contribution in [2.75, 3.05) is 6.61 Å². The zero-order chi connectivity index (χ0) is 20.1. The first-order valence-electron chi connectivity index (χ1n) is 8.13. The van der Waals surface area contributed by atoms with E-state index in [0.29, 0.717) is 5.75 Å². The number of benzene rings is 2. The van der Waals surface area contributed by atoms with Crippen molar-refractivity contribution in [1.82, 2.24) is 20.1 Å². The Morgan fingerprint density at radius 3 is 2.64 bits per heavy atom. The summed E-state index contributed by atoms with van der Waals surface area (Å²) in [5, 5.41) is 9.11. The monoisotopic (exact) mass is 408 g/mol. The molecule has 6 nitrogen and oxygen atoms in total. The lowest BCUT2D eigenvalue weighted by Crippen LogP contribution is -2.29. The number of ether oxygens (including phenoxy) is 1. The van der Waals surface area contributed by atoms with Crippen molar-refractivity contribution in [2.24, 2.45) is 0 Å². The molecule has 0 fully saturated rings. The molecule has 0 atom stereocenters. The van der Waals surface area contributed by atoms with Crippen molar-refractivity contribution in [3.63, 3.8) is 0 Å². The van der Waals surface area contributed by atoms with Crippen LogP contribution in [0, 0.1) is 4.77 Å². The number of alkyl halides is 3. The van der Waals surface area contributed by atoms with E-state index in [0.717, 1.165) is 12.1 Å². The van der Waals surface area contributed by atoms with Crippen LogP contribution in [-0.4, -0.2) is 27.3 Å². The lowest BCUT2D eigenvalue weighted by atomic mass is 10.2. The van der Waals surface area contributed by atoms with E-state index in [1.165, 1.54) is 16.7 Å². The topological polar surface area (TPSA) is 71.9 Å². The maximum Gasteiger partial charge on any atom is 0.416 e. The summed E-state index contributed by atoms with van der Waals surface area (Å²) in [5.74, 6) is 0.398. The zero-order valence-corrected chi connectivity index (χ0v) is 15.2. The summed E-state index contributed by atoms with van der Waals surface area (Å²) in [5.41, 5.74) is -0.613. The molecule has 0 unspecified atom stereocenters. The molecule has 0 aliphatic carbocycles. The Hall–Kier alpha value is -3.14. The fraction of sp³-hybridized carbons (Fsp3) is 0.167. The van der Waals surface area contributed by atoms with E-state index >= 15 is 0 Å². The molecule has 10 heteroatoms. The van der Waals surface area contributed by atoms with Gasteiger partial charge in [-0.2, -0.15) is 18.3 Å².